The second-order valence-corrected chi connectivity index (χ2v) is 3.32. The van der Waals surface area contributed by atoms with Crippen molar-refractivity contribution in [3.8, 4) is 0 Å². The van der Waals surface area contributed by atoms with Crippen LogP contribution in [0.3, 0.4) is 0 Å². The zero-order valence-electron chi connectivity index (χ0n) is 6.45. The van der Waals surface area contributed by atoms with Gasteiger partial charge in [0.25, 0.3) is 0 Å². The van der Waals surface area contributed by atoms with Gasteiger partial charge in [0.05, 0.1) is 18.1 Å². The number of ketones is 1. The van der Waals surface area contributed by atoms with Crippen LogP contribution in [-0.4, -0.2) is 18.0 Å². The molecule has 0 aliphatic carbocycles. The molecule has 3 atom stereocenters. The molecule has 3 unspecified atom stereocenters. The highest BCUT2D eigenvalue weighted by molar-refractivity contribution is 5.91. The van der Waals surface area contributed by atoms with Crippen LogP contribution < -0.4 is 0 Å². The van der Waals surface area contributed by atoms with E-state index in [4.69, 9.17) is 4.74 Å². The third-order valence-electron chi connectivity index (χ3n) is 2.67. The van der Waals surface area contributed by atoms with E-state index in [1.165, 1.54) is 6.08 Å². The molecule has 2 nitrogen and oxygen atoms in total. The van der Waals surface area contributed by atoms with E-state index in [9.17, 15) is 4.79 Å². The average Bonchev–Trinajstić information content (AvgIpc) is 2.62. The zero-order chi connectivity index (χ0) is 7.84. The van der Waals surface area contributed by atoms with E-state index < -0.39 is 0 Å². The summed E-state index contributed by atoms with van der Waals surface area (Å²) in [6.45, 7) is 3.48. The summed E-state index contributed by atoms with van der Waals surface area (Å²) in [4.78, 5) is 11.2. The quantitative estimate of drug-likeness (QED) is 0.558. The largest absolute Gasteiger partial charge is 0.374 e. The van der Waals surface area contributed by atoms with Crippen LogP contribution in [0.15, 0.2) is 12.7 Å². The summed E-state index contributed by atoms with van der Waals surface area (Å²) in [6, 6.07) is 0. The van der Waals surface area contributed by atoms with E-state index >= 15 is 0 Å². The van der Waals surface area contributed by atoms with Crippen molar-refractivity contribution in [2.24, 2.45) is 5.92 Å². The van der Waals surface area contributed by atoms with Gasteiger partial charge in [0.1, 0.15) is 0 Å². The van der Waals surface area contributed by atoms with Gasteiger partial charge in [-0.1, -0.05) is 6.58 Å². The number of rotatable bonds is 2. The molecule has 2 aliphatic rings. The van der Waals surface area contributed by atoms with E-state index in [2.05, 4.69) is 6.58 Å². The third kappa shape index (κ3) is 1.02. The maximum Gasteiger partial charge on any atom is 0.160 e. The van der Waals surface area contributed by atoms with Crippen LogP contribution in [0.2, 0.25) is 0 Å². The number of carbonyl (C=O) groups excluding carboxylic acids is 1. The van der Waals surface area contributed by atoms with Crippen LogP contribution in [0.1, 0.15) is 19.3 Å². The Kier molecular flexibility index (Phi) is 1.57. The van der Waals surface area contributed by atoms with Gasteiger partial charge in [0.15, 0.2) is 5.78 Å². The van der Waals surface area contributed by atoms with Crippen molar-refractivity contribution >= 4 is 5.78 Å². The SMILES string of the molecule is C=CC(=O)C1CC2CCC1O2. The van der Waals surface area contributed by atoms with Crippen LogP contribution in [0, 0.1) is 5.92 Å². The Balaban J connectivity index is 2.07. The Bertz CT molecular complexity index is 198. The number of carbonyl (C=O) groups is 1. The first-order valence-corrected chi connectivity index (χ1v) is 4.13. The predicted molar refractivity (Wildman–Crippen MR) is 41.2 cm³/mol. The molecule has 2 aliphatic heterocycles. The molecule has 0 aromatic heterocycles. The summed E-state index contributed by atoms with van der Waals surface area (Å²) in [7, 11) is 0. The Morgan fingerprint density at radius 1 is 1.55 bits per heavy atom. The smallest absolute Gasteiger partial charge is 0.160 e. The lowest BCUT2D eigenvalue weighted by Crippen LogP contribution is -2.23. The van der Waals surface area contributed by atoms with Gasteiger partial charge in [-0.3, -0.25) is 4.79 Å². The number of allylic oxidation sites excluding steroid dienone is 1. The molecule has 2 rings (SSSR count). The molecule has 0 N–H and O–H groups in total. The maximum atomic E-state index is 11.2. The van der Waals surface area contributed by atoms with Crippen LogP contribution in [0.4, 0.5) is 0 Å². The highest BCUT2D eigenvalue weighted by atomic mass is 16.5. The molecule has 11 heavy (non-hydrogen) atoms. The molecular formula is C9H12O2. The fourth-order valence-corrected chi connectivity index (χ4v) is 2.09. The minimum absolute atomic E-state index is 0.131. The molecule has 0 aromatic rings. The Morgan fingerprint density at radius 2 is 2.36 bits per heavy atom. The number of hydrogen-bond donors (Lipinski definition) is 0. The second kappa shape index (κ2) is 2.45. The minimum atomic E-state index is 0.131. The van der Waals surface area contributed by atoms with Gasteiger partial charge in [-0.2, -0.15) is 0 Å². The number of hydrogen-bond acceptors (Lipinski definition) is 2. The molecule has 2 saturated heterocycles. The fourth-order valence-electron chi connectivity index (χ4n) is 2.09. The molecule has 2 heterocycles. The monoisotopic (exact) mass is 152 g/mol. The summed E-state index contributed by atoms with van der Waals surface area (Å²) < 4.78 is 5.54. The lowest BCUT2D eigenvalue weighted by atomic mass is 9.86. The molecule has 0 saturated carbocycles. The standard InChI is InChI=1S/C9H12O2/c1-2-8(10)7-5-6-3-4-9(7)11-6/h2,6-7,9H,1,3-5H2. The third-order valence-corrected chi connectivity index (χ3v) is 2.67. The van der Waals surface area contributed by atoms with E-state index in [1.807, 2.05) is 0 Å². The molecule has 0 aromatic carbocycles. The lowest BCUT2D eigenvalue weighted by molar-refractivity contribution is -0.119. The predicted octanol–water partition coefficient (Wildman–Crippen LogP) is 1.31. The van der Waals surface area contributed by atoms with Crippen molar-refractivity contribution in [2.45, 2.75) is 31.5 Å². The van der Waals surface area contributed by atoms with E-state index in [0.29, 0.717) is 6.10 Å². The topological polar surface area (TPSA) is 26.3 Å². The highest BCUT2D eigenvalue weighted by Gasteiger charge is 2.43. The summed E-state index contributed by atoms with van der Waals surface area (Å²) in [6.07, 6.45) is 5.14. The summed E-state index contributed by atoms with van der Waals surface area (Å²) in [5.41, 5.74) is 0. The van der Waals surface area contributed by atoms with Crippen LogP contribution >= 0.6 is 0 Å². The summed E-state index contributed by atoms with van der Waals surface area (Å²) in [5, 5.41) is 0. The van der Waals surface area contributed by atoms with Gasteiger partial charge < -0.3 is 4.74 Å². The molecule has 2 heteroatoms. The average molecular weight is 152 g/mol. The minimum Gasteiger partial charge on any atom is -0.374 e. The Hall–Kier alpha value is -0.630. The van der Waals surface area contributed by atoms with Crippen molar-refractivity contribution in [1.82, 2.24) is 0 Å². The summed E-state index contributed by atoms with van der Waals surface area (Å²) in [5.74, 6) is 0.295. The molecule has 0 spiro atoms. The van der Waals surface area contributed by atoms with Crippen molar-refractivity contribution in [3.63, 3.8) is 0 Å². The van der Waals surface area contributed by atoms with E-state index in [-0.39, 0.29) is 17.8 Å². The van der Waals surface area contributed by atoms with E-state index in [1.54, 1.807) is 0 Å². The van der Waals surface area contributed by atoms with Gasteiger partial charge in [0.2, 0.25) is 0 Å². The van der Waals surface area contributed by atoms with Crippen molar-refractivity contribution in [1.29, 1.82) is 0 Å². The number of ether oxygens (including phenoxy) is 1. The van der Waals surface area contributed by atoms with Gasteiger partial charge >= 0.3 is 0 Å². The molecule has 0 amide bonds. The van der Waals surface area contributed by atoms with E-state index in [0.717, 1.165) is 19.3 Å². The van der Waals surface area contributed by atoms with Crippen LogP contribution in [0.5, 0.6) is 0 Å². The molecule has 0 radical (unpaired) electrons. The maximum absolute atomic E-state index is 11.2. The van der Waals surface area contributed by atoms with Crippen LogP contribution in [0.25, 0.3) is 0 Å². The first-order chi connectivity index (χ1) is 5.31. The first kappa shape index (κ1) is 7.04. The van der Waals surface area contributed by atoms with Gasteiger partial charge in [-0.05, 0) is 25.3 Å². The molecule has 2 bridgehead atoms. The summed E-state index contributed by atoms with van der Waals surface area (Å²) >= 11 is 0. The second-order valence-electron chi connectivity index (χ2n) is 3.32. The van der Waals surface area contributed by atoms with Crippen LogP contribution in [-0.2, 0) is 9.53 Å². The van der Waals surface area contributed by atoms with Gasteiger partial charge in [-0.25, -0.2) is 0 Å². The normalized spacial score (nSPS) is 40.9. The molecular weight excluding hydrogens is 140 g/mol. The van der Waals surface area contributed by atoms with Crippen molar-refractivity contribution < 1.29 is 9.53 Å². The number of fused-ring (bicyclic) bond motifs is 2. The first-order valence-electron chi connectivity index (χ1n) is 4.13. The van der Waals surface area contributed by atoms with Gasteiger partial charge in [-0.15, -0.1) is 0 Å². The highest BCUT2D eigenvalue weighted by Crippen LogP contribution is 2.39. The molecule has 2 fully saturated rings. The Morgan fingerprint density at radius 3 is 2.82 bits per heavy atom. The van der Waals surface area contributed by atoms with Crippen molar-refractivity contribution in [2.75, 3.05) is 0 Å². The Labute approximate surface area is 66.2 Å². The van der Waals surface area contributed by atoms with Crippen molar-refractivity contribution in [3.05, 3.63) is 12.7 Å². The molecule has 60 valence electrons. The fraction of sp³-hybridized carbons (Fsp3) is 0.667. The lowest BCUT2D eigenvalue weighted by Gasteiger charge is -2.14. The van der Waals surface area contributed by atoms with Gasteiger partial charge in [0, 0.05) is 0 Å². The zero-order valence-corrected chi connectivity index (χ0v) is 6.45.